The second kappa shape index (κ2) is 10.5. The van der Waals surface area contributed by atoms with E-state index in [2.05, 4.69) is 30.1 Å². The molecule has 0 aliphatic carbocycles. The van der Waals surface area contributed by atoms with Gasteiger partial charge in [-0.3, -0.25) is 0 Å². The Labute approximate surface area is 199 Å². The molecule has 1 heterocycles. The summed E-state index contributed by atoms with van der Waals surface area (Å²) in [5.41, 5.74) is 6.64. The lowest BCUT2D eigenvalue weighted by atomic mass is 9.93. The van der Waals surface area contributed by atoms with Crippen LogP contribution in [-0.4, -0.2) is 9.55 Å². The lowest BCUT2D eigenvalue weighted by molar-refractivity contribution is 0.0622. The molecule has 0 spiro atoms. The molecule has 4 aromatic rings. The van der Waals surface area contributed by atoms with Crippen molar-refractivity contribution in [2.75, 3.05) is 0 Å². The molecular formula is C26H23Cl2N3O. The molecule has 0 radical (unpaired) electrons. The van der Waals surface area contributed by atoms with Crippen LogP contribution in [0.15, 0.2) is 79.3 Å². The van der Waals surface area contributed by atoms with E-state index in [1.165, 1.54) is 0 Å². The number of nitriles is 1. The van der Waals surface area contributed by atoms with Crippen molar-refractivity contribution >= 4 is 24.0 Å². The van der Waals surface area contributed by atoms with Gasteiger partial charge in [-0.1, -0.05) is 54.1 Å². The van der Waals surface area contributed by atoms with E-state index in [9.17, 15) is 5.26 Å². The molecule has 162 valence electrons. The van der Waals surface area contributed by atoms with Crippen LogP contribution in [-0.2, 0) is 18.4 Å². The van der Waals surface area contributed by atoms with Gasteiger partial charge in [-0.25, -0.2) is 4.98 Å². The fraction of sp³-hybridized carbons (Fsp3) is 0.154. The minimum atomic E-state index is -0.335. The van der Waals surface area contributed by atoms with Gasteiger partial charge in [0, 0.05) is 17.6 Å². The highest BCUT2D eigenvalue weighted by atomic mass is 35.5. The number of nitrogens with zero attached hydrogens (tertiary/aromatic N) is 3. The van der Waals surface area contributed by atoms with Crippen LogP contribution in [0, 0.1) is 18.3 Å². The molecular weight excluding hydrogens is 441 g/mol. The first-order chi connectivity index (χ1) is 15.1. The highest BCUT2D eigenvalue weighted by Crippen LogP contribution is 2.33. The quantitative estimate of drug-likeness (QED) is 0.321. The molecule has 0 fully saturated rings. The largest absolute Gasteiger partial charge is 0.363 e. The van der Waals surface area contributed by atoms with E-state index in [0.717, 1.165) is 33.5 Å². The van der Waals surface area contributed by atoms with Gasteiger partial charge >= 0.3 is 0 Å². The predicted octanol–water partition coefficient (Wildman–Crippen LogP) is 6.65. The van der Waals surface area contributed by atoms with E-state index in [4.69, 9.17) is 16.3 Å². The Bertz CT molecular complexity index is 1240. The van der Waals surface area contributed by atoms with Gasteiger partial charge in [-0.2, -0.15) is 5.26 Å². The van der Waals surface area contributed by atoms with Gasteiger partial charge in [0.25, 0.3) is 0 Å². The molecule has 0 saturated carbocycles. The smallest absolute Gasteiger partial charge is 0.124 e. The van der Waals surface area contributed by atoms with E-state index in [1.807, 2.05) is 72.4 Å². The summed E-state index contributed by atoms with van der Waals surface area (Å²) in [5, 5.41) is 10.4. The summed E-state index contributed by atoms with van der Waals surface area (Å²) in [6.07, 6.45) is 3.25. The van der Waals surface area contributed by atoms with E-state index in [-0.39, 0.29) is 18.5 Å². The van der Waals surface area contributed by atoms with Crippen LogP contribution in [0.5, 0.6) is 0 Å². The van der Waals surface area contributed by atoms with Gasteiger partial charge in [0.15, 0.2) is 0 Å². The zero-order valence-electron chi connectivity index (χ0n) is 17.8. The number of hydrogen-bond acceptors (Lipinski definition) is 3. The Kier molecular flexibility index (Phi) is 7.71. The second-order valence-electron chi connectivity index (χ2n) is 7.48. The third kappa shape index (κ3) is 5.03. The van der Waals surface area contributed by atoms with Crippen molar-refractivity contribution < 1.29 is 4.74 Å². The molecule has 1 aromatic heterocycles. The number of imidazole rings is 1. The summed E-state index contributed by atoms with van der Waals surface area (Å²) in [4.78, 5) is 4.28. The molecule has 1 unspecified atom stereocenters. The minimum Gasteiger partial charge on any atom is -0.363 e. The minimum absolute atomic E-state index is 0. The zero-order valence-corrected chi connectivity index (χ0v) is 19.4. The molecule has 0 aliphatic rings. The standard InChI is InChI=1S/C26H22ClN3O.ClH/c1-18-5-3-4-6-23(18)24-13-20(9-10-21(24)14-28)26(25-15-29-17-30(25)2)31-16-19-7-11-22(27)12-8-19;/h3-13,15,17,26H,16H2,1-2H3;1H. The predicted molar refractivity (Wildman–Crippen MR) is 130 cm³/mol. The number of halogens is 2. The third-order valence-electron chi connectivity index (χ3n) is 5.35. The monoisotopic (exact) mass is 463 g/mol. The van der Waals surface area contributed by atoms with Crippen molar-refractivity contribution in [2.45, 2.75) is 19.6 Å². The Hall–Kier alpha value is -3.10. The molecule has 0 saturated heterocycles. The van der Waals surface area contributed by atoms with Crippen molar-refractivity contribution in [2.24, 2.45) is 7.05 Å². The first-order valence-corrected chi connectivity index (χ1v) is 10.4. The van der Waals surface area contributed by atoms with Crippen LogP contribution >= 0.6 is 24.0 Å². The van der Waals surface area contributed by atoms with Crippen molar-refractivity contribution in [3.05, 3.63) is 112 Å². The molecule has 0 bridgehead atoms. The lowest BCUT2D eigenvalue weighted by Crippen LogP contribution is -2.11. The van der Waals surface area contributed by atoms with Gasteiger partial charge in [-0.15, -0.1) is 12.4 Å². The van der Waals surface area contributed by atoms with Gasteiger partial charge in [0.2, 0.25) is 0 Å². The molecule has 4 nitrogen and oxygen atoms in total. The van der Waals surface area contributed by atoms with E-state index >= 15 is 0 Å². The van der Waals surface area contributed by atoms with Crippen LogP contribution in [0.3, 0.4) is 0 Å². The Morgan fingerprint density at radius 3 is 2.47 bits per heavy atom. The van der Waals surface area contributed by atoms with E-state index in [1.54, 1.807) is 6.33 Å². The Morgan fingerprint density at radius 1 is 1.06 bits per heavy atom. The zero-order chi connectivity index (χ0) is 21.8. The molecule has 1 atom stereocenters. The van der Waals surface area contributed by atoms with E-state index in [0.29, 0.717) is 17.2 Å². The number of aryl methyl sites for hydroxylation is 2. The Morgan fingerprint density at radius 2 is 1.81 bits per heavy atom. The van der Waals surface area contributed by atoms with Gasteiger partial charge in [0.1, 0.15) is 6.10 Å². The number of rotatable bonds is 6. The van der Waals surface area contributed by atoms with E-state index < -0.39 is 0 Å². The van der Waals surface area contributed by atoms with Crippen molar-refractivity contribution in [1.29, 1.82) is 5.26 Å². The summed E-state index contributed by atoms with van der Waals surface area (Å²) in [7, 11) is 1.95. The van der Waals surface area contributed by atoms with Gasteiger partial charge < -0.3 is 9.30 Å². The van der Waals surface area contributed by atoms with Crippen molar-refractivity contribution in [3.8, 4) is 17.2 Å². The summed E-state index contributed by atoms with van der Waals surface area (Å²) in [6.45, 7) is 2.48. The van der Waals surface area contributed by atoms with Crippen LogP contribution in [0.1, 0.15) is 34.1 Å². The maximum atomic E-state index is 9.70. The average molecular weight is 464 g/mol. The molecule has 32 heavy (non-hydrogen) atoms. The summed E-state index contributed by atoms with van der Waals surface area (Å²) in [6, 6.07) is 23.9. The first-order valence-electron chi connectivity index (χ1n) is 9.99. The summed E-state index contributed by atoms with van der Waals surface area (Å²) in [5.74, 6) is 0. The highest BCUT2D eigenvalue weighted by molar-refractivity contribution is 6.30. The highest BCUT2D eigenvalue weighted by Gasteiger charge is 2.20. The molecule has 3 aromatic carbocycles. The van der Waals surface area contributed by atoms with Gasteiger partial charge in [0.05, 0.1) is 36.5 Å². The number of hydrogen-bond donors (Lipinski definition) is 0. The SMILES string of the molecule is Cc1ccccc1-c1cc(C(OCc2ccc(Cl)cc2)c2cncn2C)ccc1C#N.Cl. The van der Waals surface area contributed by atoms with Crippen molar-refractivity contribution in [1.82, 2.24) is 9.55 Å². The maximum Gasteiger partial charge on any atom is 0.124 e. The number of aromatic nitrogens is 2. The first kappa shape index (κ1) is 23.6. The average Bonchev–Trinajstić information content (AvgIpc) is 3.21. The topological polar surface area (TPSA) is 50.8 Å². The number of benzene rings is 3. The lowest BCUT2D eigenvalue weighted by Gasteiger charge is -2.21. The fourth-order valence-electron chi connectivity index (χ4n) is 3.65. The molecule has 0 N–H and O–H groups in total. The number of ether oxygens (including phenoxy) is 1. The van der Waals surface area contributed by atoms with Crippen LogP contribution in [0.2, 0.25) is 5.02 Å². The fourth-order valence-corrected chi connectivity index (χ4v) is 3.78. The van der Waals surface area contributed by atoms with Gasteiger partial charge in [-0.05, 0) is 53.4 Å². The second-order valence-corrected chi connectivity index (χ2v) is 7.92. The van der Waals surface area contributed by atoms with Crippen LogP contribution in [0.4, 0.5) is 0 Å². The maximum absolute atomic E-state index is 9.70. The summed E-state index contributed by atoms with van der Waals surface area (Å²) >= 11 is 6.01. The molecule has 0 aliphatic heterocycles. The van der Waals surface area contributed by atoms with Crippen LogP contribution in [0.25, 0.3) is 11.1 Å². The molecule has 6 heteroatoms. The normalized spacial score (nSPS) is 11.4. The van der Waals surface area contributed by atoms with Crippen molar-refractivity contribution in [3.63, 3.8) is 0 Å². The molecule has 0 amide bonds. The molecule has 4 rings (SSSR count). The van der Waals surface area contributed by atoms with Crippen LogP contribution < -0.4 is 0 Å². The summed E-state index contributed by atoms with van der Waals surface area (Å²) < 4.78 is 8.34. The Balaban J connectivity index is 0.00000289. The third-order valence-corrected chi connectivity index (χ3v) is 5.61.